The molecule has 0 bridgehead atoms. The molecule has 1 heterocycles. The summed E-state index contributed by atoms with van der Waals surface area (Å²) in [6.07, 6.45) is 1.56. The van der Waals surface area contributed by atoms with Gasteiger partial charge in [-0.25, -0.2) is 0 Å². The molecule has 0 aliphatic heterocycles. The molecule has 1 aromatic heterocycles. The van der Waals surface area contributed by atoms with E-state index in [2.05, 4.69) is 4.98 Å². The number of thiazole rings is 1. The Hall–Kier alpha value is -0.940. The number of rotatable bonds is 4. The van der Waals surface area contributed by atoms with Crippen molar-refractivity contribution in [2.24, 2.45) is 0 Å². The van der Waals surface area contributed by atoms with Crippen molar-refractivity contribution in [3.05, 3.63) is 16.6 Å². The van der Waals surface area contributed by atoms with E-state index >= 15 is 0 Å². The summed E-state index contributed by atoms with van der Waals surface area (Å²) < 4.78 is 0. The lowest BCUT2D eigenvalue weighted by atomic mass is 10.1. The van der Waals surface area contributed by atoms with Gasteiger partial charge in [-0.1, -0.05) is 0 Å². The summed E-state index contributed by atoms with van der Waals surface area (Å²) in [5.74, 6) is -0.0675. The van der Waals surface area contributed by atoms with E-state index in [-0.39, 0.29) is 5.91 Å². The fourth-order valence-electron chi connectivity index (χ4n) is 1.27. The minimum absolute atomic E-state index is 0.0675. The molecule has 1 amide bonds. The first kappa shape index (κ1) is 12.1. The van der Waals surface area contributed by atoms with Crippen molar-refractivity contribution in [2.45, 2.75) is 26.4 Å². The zero-order valence-corrected chi connectivity index (χ0v) is 10.0. The highest BCUT2D eigenvalue weighted by molar-refractivity contribution is 7.11. The maximum atomic E-state index is 11.9. The van der Waals surface area contributed by atoms with Crippen LogP contribution in [0.25, 0.3) is 0 Å². The normalized spacial score (nSPS) is 11.5. The first-order valence-electron chi connectivity index (χ1n) is 4.84. The van der Waals surface area contributed by atoms with Crippen molar-refractivity contribution in [3.63, 3.8) is 0 Å². The Labute approximate surface area is 93.6 Å². The van der Waals surface area contributed by atoms with E-state index in [4.69, 9.17) is 0 Å². The zero-order chi connectivity index (χ0) is 11.5. The summed E-state index contributed by atoms with van der Waals surface area (Å²) in [6.45, 7) is 6.19. The summed E-state index contributed by atoms with van der Waals surface area (Å²) in [5.41, 5.74) is 0.765. The molecule has 0 fully saturated rings. The predicted molar refractivity (Wildman–Crippen MR) is 60.0 cm³/mol. The Morgan fingerprint density at radius 1 is 1.67 bits per heavy atom. The quantitative estimate of drug-likeness (QED) is 0.847. The number of carbonyl (C=O) groups is 1. The number of nitrogens with zero attached hydrogens (tertiary/aromatic N) is 2. The van der Waals surface area contributed by atoms with Crippen LogP contribution in [-0.2, 0) is 0 Å². The van der Waals surface area contributed by atoms with Crippen LogP contribution in [0.5, 0.6) is 0 Å². The lowest BCUT2D eigenvalue weighted by Gasteiger charge is -2.27. The topological polar surface area (TPSA) is 53.4 Å². The fraction of sp³-hybridized carbons (Fsp3) is 0.600. The van der Waals surface area contributed by atoms with Gasteiger partial charge in [-0.15, -0.1) is 11.3 Å². The van der Waals surface area contributed by atoms with Crippen molar-refractivity contribution in [1.82, 2.24) is 9.88 Å². The van der Waals surface area contributed by atoms with Crippen LogP contribution in [0.4, 0.5) is 0 Å². The number of hydrogen-bond acceptors (Lipinski definition) is 4. The van der Waals surface area contributed by atoms with Gasteiger partial charge in [0.25, 0.3) is 5.91 Å². The summed E-state index contributed by atoms with van der Waals surface area (Å²) >= 11 is 1.32. The highest BCUT2D eigenvalue weighted by Crippen LogP contribution is 2.12. The molecule has 0 unspecified atom stereocenters. The van der Waals surface area contributed by atoms with Crippen LogP contribution in [0.3, 0.4) is 0 Å². The Bertz CT molecular complexity index is 317. The highest BCUT2D eigenvalue weighted by atomic mass is 32.1. The highest BCUT2D eigenvalue weighted by Gasteiger charge is 2.22. The average Bonchev–Trinajstić information content (AvgIpc) is 2.64. The number of amides is 1. The van der Waals surface area contributed by atoms with Crippen LogP contribution >= 0.6 is 11.3 Å². The molecule has 15 heavy (non-hydrogen) atoms. The molecule has 0 saturated heterocycles. The molecule has 1 rings (SSSR count). The van der Waals surface area contributed by atoms with Crippen LogP contribution < -0.4 is 0 Å². The molecule has 0 atom stereocenters. The number of aliphatic hydroxyl groups is 1. The number of carbonyl (C=O) groups excluding carboxylic acids is 1. The van der Waals surface area contributed by atoms with Crippen LogP contribution in [0.2, 0.25) is 0 Å². The Balaban J connectivity index is 2.72. The number of hydrogen-bond donors (Lipinski definition) is 1. The third-order valence-electron chi connectivity index (χ3n) is 1.89. The van der Waals surface area contributed by atoms with Gasteiger partial charge < -0.3 is 10.0 Å². The summed E-state index contributed by atoms with van der Waals surface area (Å²) in [5, 5.41) is 9.66. The first-order valence-corrected chi connectivity index (χ1v) is 5.72. The van der Waals surface area contributed by atoms with Crippen molar-refractivity contribution in [1.29, 1.82) is 0 Å². The third kappa shape index (κ3) is 3.60. The second-order valence-electron chi connectivity index (χ2n) is 4.00. The van der Waals surface area contributed by atoms with Crippen LogP contribution in [0, 0.1) is 0 Å². The summed E-state index contributed by atoms with van der Waals surface area (Å²) in [7, 11) is 0. The van der Waals surface area contributed by atoms with Crippen LogP contribution in [-0.4, -0.2) is 39.6 Å². The van der Waals surface area contributed by atoms with Gasteiger partial charge in [-0.3, -0.25) is 9.78 Å². The van der Waals surface area contributed by atoms with Crippen LogP contribution in [0.15, 0.2) is 11.7 Å². The maximum Gasteiger partial charge on any atom is 0.265 e. The van der Waals surface area contributed by atoms with Gasteiger partial charge >= 0.3 is 0 Å². The van der Waals surface area contributed by atoms with E-state index in [0.29, 0.717) is 18.0 Å². The molecule has 5 heteroatoms. The smallest absolute Gasteiger partial charge is 0.265 e. The molecule has 0 radical (unpaired) electrons. The van der Waals surface area contributed by atoms with E-state index in [1.165, 1.54) is 11.3 Å². The van der Waals surface area contributed by atoms with E-state index in [1.807, 2.05) is 6.92 Å². The lowest BCUT2D eigenvalue weighted by Crippen LogP contribution is -2.41. The van der Waals surface area contributed by atoms with Gasteiger partial charge in [0, 0.05) is 13.1 Å². The maximum absolute atomic E-state index is 11.9. The SMILES string of the molecule is CCN(CC(C)(C)O)C(=O)c1cncs1. The Kier molecular flexibility index (Phi) is 3.82. The van der Waals surface area contributed by atoms with Crippen LogP contribution in [0.1, 0.15) is 30.4 Å². The minimum Gasteiger partial charge on any atom is -0.389 e. The van der Waals surface area contributed by atoms with E-state index in [9.17, 15) is 9.90 Å². The molecule has 1 aromatic rings. The predicted octanol–water partition coefficient (Wildman–Crippen LogP) is 1.38. The molecule has 0 saturated carbocycles. The molecule has 0 spiro atoms. The monoisotopic (exact) mass is 228 g/mol. The molecule has 0 aromatic carbocycles. The van der Waals surface area contributed by atoms with Gasteiger partial charge in [-0.05, 0) is 20.8 Å². The van der Waals surface area contributed by atoms with Gasteiger partial charge in [-0.2, -0.15) is 0 Å². The molecule has 0 aliphatic carbocycles. The fourth-order valence-corrected chi connectivity index (χ4v) is 1.86. The zero-order valence-electron chi connectivity index (χ0n) is 9.23. The van der Waals surface area contributed by atoms with Crippen molar-refractivity contribution in [2.75, 3.05) is 13.1 Å². The van der Waals surface area contributed by atoms with E-state index in [0.717, 1.165) is 0 Å². The van der Waals surface area contributed by atoms with Crippen molar-refractivity contribution >= 4 is 17.2 Å². The number of aromatic nitrogens is 1. The summed E-state index contributed by atoms with van der Waals surface area (Å²) in [6, 6.07) is 0. The van der Waals surface area contributed by atoms with Crippen molar-refractivity contribution < 1.29 is 9.90 Å². The second kappa shape index (κ2) is 4.72. The van der Waals surface area contributed by atoms with Gasteiger partial charge in [0.1, 0.15) is 4.88 Å². The van der Waals surface area contributed by atoms with Gasteiger partial charge in [0.05, 0.1) is 17.3 Å². The largest absolute Gasteiger partial charge is 0.389 e. The van der Waals surface area contributed by atoms with E-state index < -0.39 is 5.60 Å². The van der Waals surface area contributed by atoms with Gasteiger partial charge in [0.2, 0.25) is 0 Å². The van der Waals surface area contributed by atoms with Crippen molar-refractivity contribution in [3.8, 4) is 0 Å². The molecule has 0 aliphatic rings. The van der Waals surface area contributed by atoms with Gasteiger partial charge in [0.15, 0.2) is 0 Å². The lowest BCUT2D eigenvalue weighted by molar-refractivity contribution is 0.0317. The summed E-state index contributed by atoms with van der Waals surface area (Å²) in [4.78, 5) is 18.0. The molecule has 84 valence electrons. The minimum atomic E-state index is -0.865. The molecular formula is C10H16N2O2S. The average molecular weight is 228 g/mol. The molecular weight excluding hydrogens is 212 g/mol. The second-order valence-corrected chi connectivity index (χ2v) is 4.88. The number of likely N-dealkylation sites (N-methyl/N-ethyl adjacent to an activating group) is 1. The molecule has 4 nitrogen and oxygen atoms in total. The molecule has 1 N–H and O–H groups in total. The first-order chi connectivity index (χ1) is 6.94. The Morgan fingerprint density at radius 3 is 2.73 bits per heavy atom. The Morgan fingerprint density at radius 2 is 2.33 bits per heavy atom. The van der Waals surface area contributed by atoms with E-state index in [1.54, 1.807) is 30.5 Å². The third-order valence-corrected chi connectivity index (χ3v) is 2.65. The standard InChI is InChI=1S/C10H16N2O2S/c1-4-12(6-10(2,3)14)9(13)8-5-11-7-15-8/h5,7,14H,4,6H2,1-3H3.